The summed E-state index contributed by atoms with van der Waals surface area (Å²) in [5, 5.41) is 12.7. The number of halogens is 4. The molecule has 11 heteroatoms. The van der Waals surface area contributed by atoms with Gasteiger partial charge in [-0.2, -0.15) is 0 Å². The summed E-state index contributed by atoms with van der Waals surface area (Å²) in [4.78, 5) is 18.6. The van der Waals surface area contributed by atoms with E-state index in [-0.39, 0.29) is 17.9 Å². The number of rotatable bonds is 6. The number of aromatic nitrogens is 1. The van der Waals surface area contributed by atoms with Gasteiger partial charge >= 0.3 is 5.57 Å². The molecule has 4 N–H and O–H groups in total. The molecule has 1 saturated heterocycles. The highest BCUT2D eigenvalue weighted by Gasteiger charge is 2.30. The van der Waals surface area contributed by atoms with Crippen LogP contribution in [-0.2, 0) is 0 Å². The lowest BCUT2D eigenvalue weighted by Gasteiger charge is -2.22. The van der Waals surface area contributed by atoms with Gasteiger partial charge in [-0.15, -0.1) is 8.78 Å². The van der Waals surface area contributed by atoms with Gasteiger partial charge in [0.05, 0.1) is 12.3 Å². The SMILES string of the molecule is NC1CN(c2ccc(C(=O)Nc3ccc(OC(F)(F)Cl)cc3)cc2-c2cncc(F)c2)CC1O. The summed E-state index contributed by atoms with van der Waals surface area (Å²) in [6.07, 6.45) is 1.83. The molecule has 4 rings (SSSR count). The normalized spacial score (nSPS) is 18.1. The Hall–Kier alpha value is -3.34. The predicted octanol–water partition coefficient (Wildman–Crippen LogP) is 3.82. The summed E-state index contributed by atoms with van der Waals surface area (Å²) >= 11 is 4.75. The number of pyridine rings is 1. The van der Waals surface area contributed by atoms with Crippen LogP contribution in [0, 0.1) is 5.82 Å². The molecule has 178 valence electrons. The minimum atomic E-state index is -3.84. The van der Waals surface area contributed by atoms with E-state index in [1.807, 2.05) is 4.90 Å². The molecule has 2 heterocycles. The Labute approximate surface area is 197 Å². The lowest BCUT2D eigenvalue weighted by atomic mass is 10.0. The zero-order valence-electron chi connectivity index (χ0n) is 17.6. The van der Waals surface area contributed by atoms with Gasteiger partial charge in [-0.25, -0.2) is 4.39 Å². The average molecular weight is 493 g/mol. The van der Waals surface area contributed by atoms with Crippen molar-refractivity contribution in [3.8, 4) is 16.9 Å². The zero-order valence-corrected chi connectivity index (χ0v) is 18.3. The summed E-state index contributed by atoms with van der Waals surface area (Å²) in [6, 6.07) is 11.0. The summed E-state index contributed by atoms with van der Waals surface area (Å²) in [6.45, 7) is 0.677. The Kier molecular flexibility index (Phi) is 6.65. The summed E-state index contributed by atoms with van der Waals surface area (Å²) in [7, 11) is 0. The molecular weight excluding hydrogens is 473 g/mol. The average Bonchev–Trinajstić information content (AvgIpc) is 3.12. The molecule has 2 atom stereocenters. The minimum absolute atomic E-state index is 0.172. The van der Waals surface area contributed by atoms with Crippen LogP contribution in [0.25, 0.3) is 11.1 Å². The first kappa shape index (κ1) is 23.8. The molecule has 1 aromatic heterocycles. The number of hydrogen-bond donors (Lipinski definition) is 3. The van der Waals surface area contributed by atoms with Crippen LogP contribution in [0.15, 0.2) is 60.9 Å². The molecule has 0 saturated carbocycles. The Balaban J connectivity index is 1.61. The fourth-order valence-corrected chi connectivity index (χ4v) is 3.78. The van der Waals surface area contributed by atoms with Gasteiger partial charge in [-0.1, -0.05) is 0 Å². The molecule has 3 aromatic rings. The van der Waals surface area contributed by atoms with Gasteiger partial charge in [-0.3, -0.25) is 9.78 Å². The Morgan fingerprint density at radius 3 is 2.53 bits per heavy atom. The van der Waals surface area contributed by atoms with Crippen molar-refractivity contribution in [3.05, 3.63) is 72.3 Å². The van der Waals surface area contributed by atoms with Crippen molar-refractivity contribution in [2.75, 3.05) is 23.3 Å². The number of benzene rings is 2. The van der Waals surface area contributed by atoms with E-state index >= 15 is 0 Å². The highest BCUT2D eigenvalue weighted by Crippen LogP contribution is 2.34. The summed E-state index contributed by atoms with van der Waals surface area (Å²) < 4.78 is 43.6. The van der Waals surface area contributed by atoms with Gasteiger partial charge in [0.2, 0.25) is 0 Å². The van der Waals surface area contributed by atoms with Gasteiger partial charge in [0.1, 0.15) is 11.6 Å². The van der Waals surface area contributed by atoms with Gasteiger partial charge in [0.25, 0.3) is 5.91 Å². The van der Waals surface area contributed by atoms with Gasteiger partial charge < -0.3 is 25.8 Å². The van der Waals surface area contributed by atoms with E-state index < -0.39 is 29.4 Å². The molecule has 1 aliphatic heterocycles. The van der Waals surface area contributed by atoms with Crippen molar-refractivity contribution in [2.45, 2.75) is 17.7 Å². The number of amides is 1. The minimum Gasteiger partial charge on any atom is -0.420 e. The van der Waals surface area contributed by atoms with Gasteiger partial charge in [0, 0.05) is 65.0 Å². The fraction of sp³-hybridized carbons (Fsp3) is 0.217. The topological polar surface area (TPSA) is 101 Å². The second kappa shape index (κ2) is 9.49. The highest BCUT2D eigenvalue weighted by atomic mass is 35.5. The number of nitrogens with zero attached hydrogens (tertiary/aromatic N) is 2. The van der Waals surface area contributed by atoms with Crippen molar-refractivity contribution in [3.63, 3.8) is 0 Å². The van der Waals surface area contributed by atoms with Gasteiger partial charge in [0.15, 0.2) is 0 Å². The van der Waals surface area contributed by atoms with Crippen molar-refractivity contribution in [1.29, 1.82) is 0 Å². The first-order chi connectivity index (χ1) is 16.1. The lowest BCUT2D eigenvalue weighted by Crippen LogP contribution is -2.32. The maximum Gasteiger partial charge on any atom is 0.487 e. The van der Waals surface area contributed by atoms with E-state index in [1.54, 1.807) is 18.2 Å². The van der Waals surface area contributed by atoms with Crippen LogP contribution < -0.4 is 20.7 Å². The number of ether oxygens (including phenoxy) is 1. The number of anilines is 2. The van der Waals surface area contributed by atoms with Crippen LogP contribution in [0.5, 0.6) is 5.75 Å². The van der Waals surface area contributed by atoms with Gasteiger partial charge in [-0.05, 0) is 48.5 Å². The first-order valence-corrected chi connectivity index (χ1v) is 10.6. The number of carbonyl (C=O) groups excluding carboxylic acids is 1. The standard InChI is InChI=1S/C23H20ClF3N4O3/c24-23(26,27)34-17-4-2-16(3-5-17)30-22(33)13-1-6-20(31-11-19(28)21(32)12-31)18(8-13)14-7-15(25)10-29-9-14/h1-10,19,21,32H,11-12,28H2,(H,30,33). The number of aliphatic hydroxyl groups excluding tert-OH is 1. The molecule has 1 fully saturated rings. The van der Waals surface area contributed by atoms with Crippen LogP contribution in [-0.4, -0.2) is 46.8 Å². The monoisotopic (exact) mass is 492 g/mol. The van der Waals surface area contributed by atoms with Crippen molar-refractivity contribution in [1.82, 2.24) is 4.98 Å². The largest absolute Gasteiger partial charge is 0.487 e. The van der Waals surface area contributed by atoms with Crippen molar-refractivity contribution >= 4 is 28.9 Å². The molecule has 1 amide bonds. The molecular formula is C23H20ClF3N4O3. The van der Waals surface area contributed by atoms with Crippen LogP contribution in [0.1, 0.15) is 10.4 Å². The maximum absolute atomic E-state index is 13.9. The Morgan fingerprint density at radius 1 is 1.18 bits per heavy atom. The molecule has 34 heavy (non-hydrogen) atoms. The summed E-state index contributed by atoms with van der Waals surface area (Å²) in [5.41, 5.74) is 4.35. The second-order valence-corrected chi connectivity index (χ2v) is 8.23. The van der Waals surface area contributed by atoms with Crippen LogP contribution in [0.3, 0.4) is 0 Å². The lowest BCUT2D eigenvalue weighted by molar-refractivity contribution is -0.0964. The second-order valence-electron chi connectivity index (χ2n) is 7.79. The molecule has 2 unspecified atom stereocenters. The molecule has 7 nitrogen and oxygen atoms in total. The van der Waals surface area contributed by atoms with Crippen LogP contribution in [0.4, 0.5) is 24.5 Å². The smallest absolute Gasteiger partial charge is 0.420 e. The third kappa shape index (κ3) is 5.58. The number of nitrogens with two attached hydrogens (primary N) is 1. The Bertz CT molecular complexity index is 1180. The van der Waals surface area contributed by atoms with E-state index in [9.17, 15) is 23.1 Å². The summed E-state index contributed by atoms with van der Waals surface area (Å²) in [5.74, 6) is -1.19. The highest BCUT2D eigenvalue weighted by molar-refractivity contribution is 6.20. The fourth-order valence-electron chi connectivity index (χ4n) is 3.70. The van der Waals surface area contributed by atoms with Crippen molar-refractivity contribution in [2.24, 2.45) is 5.73 Å². The number of carbonyl (C=O) groups is 1. The third-order valence-electron chi connectivity index (χ3n) is 5.29. The quantitative estimate of drug-likeness (QED) is 0.452. The third-order valence-corrected chi connectivity index (χ3v) is 5.37. The number of nitrogens with one attached hydrogen (secondary N) is 1. The molecule has 0 radical (unpaired) electrons. The van der Waals surface area contributed by atoms with Crippen molar-refractivity contribution < 1.29 is 27.8 Å². The predicted molar refractivity (Wildman–Crippen MR) is 122 cm³/mol. The molecule has 2 aromatic carbocycles. The zero-order chi connectivity index (χ0) is 24.5. The molecule has 1 aliphatic rings. The van der Waals surface area contributed by atoms with E-state index in [1.165, 1.54) is 36.5 Å². The number of β-amino-alcohol motifs (C(OH)–C–C–N with tert-alkyl or cyclic N) is 1. The van der Waals surface area contributed by atoms with Crippen LogP contribution >= 0.6 is 11.6 Å². The van der Waals surface area contributed by atoms with E-state index in [0.29, 0.717) is 29.0 Å². The number of alkyl halides is 3. The van der Waals surface area contributed by atoms with E-state index in [2.05, 4.69) is 15.0 Å². The molecule has 0 bridgehead atoms. The van der Waals surface area contributed by atoms with Crippen LogP contribution in [0.2, 0.25) is 0 Å². The Morgan fingerprint density at radius 2 is 1.91 bits per heavy atom. The molecule has 0 aliphatic carbocycles. The molecule has 0 spiro atoms. The number of hydrogen-bond acceptors (Lipinski definition) is 6. The van der Waals surface area contributed by atoms with E-state index in [4.69, 9.17) is 17.3 Å². The van der Waals surface area contributed by atoms with E-state index in [0.717, 1.165) is 6.20 Å². The first-order valence-electron chi connectivity index (χ1n) is 10.2. The maximum atomic E-state index is 13.9. The number of aliphatic hydroxyl groups is 1.